The second-order valence-corrected chi connectivity index (χ2v) is 9.53. The van der Waals surface area contributed by atoms with Gasteiger partial charge in [0.05, 0.1) is 0 Å². The Kier molecular flexibility index (Phi) is 5.07. The molecule has 0 aliphatic carbocycles. The fraction of sp³-hybridized carbons (Fsp3) is 0. The van der Waals surface area contributed by atoms with Crippen molar-refractivity contribution in [1.82, 2.24) is 0 Å². The molecule has 2 nitrogen and oxygen atoms in total. The van der Waals surface area contributed by atoms with Gasteiger partial charge >= 0.3 is 7.12 Å². The highest BCUT2D eigenvalue weighted by molar-refractivity contribution is 6.59. The van der Waals surface area contributed by atoms with Gasteiger partial charge in [-0.15, -0.1) is 0 Å². The van der Waals surface area contributed by atoms with E-state index in [0.717, 1.165) is 32.8 Å². The molecule has 0 spiro atoms. The highest BCUT2D eigenvalue weighted by Gasteiger charge is 2.21. The van der Waals surface area contributed by atoms with Crippen LogP contribution in [0.2, 0.25) is 0 Å². The zero-order valence-corrected chi connectivity index (χ0v) is 20.1. The molecule has 0 saturated heterocycles. The molecule has 3 heteroatoms. The van der Waals surface area contributed by atoms with Crippen molar-refractivity contribution in [3.05, 3.63) is 127 Å². The van der Waals surface area contributed by atoms with Gasteiger partial charge in [0.2, 0.25) is 0 Å². The maximum atomic E-state index is 10.1. The molecule has 0 radical (unpaired) electrons. The van der Waals surface area contributed by atoms with E-state index < -0.39 is 7.12 Å². The van der Waals surface area contributed by atoms with Crippen LogP contribution in [0.4, 0.5) is 0 Å². The average molecular weight is 474 g/mol. The molecule has 7 rings (SSSR count). The van der Waals surface area contributed by atoms with Crippen LogP contribution in [0, 0.1) is 0 Å². The van der Waals surface area contributed by atoms with Gasteiger partial charge in [0.25, 0.3) is 0 Å². The van der Waals surface area contributed by atoms with Crippen molar-refractivity contribution in [2.45, 2.75) is 0 Å². The topological polar surface area (TPSA) is 40.5 Å². The number of rotatable bonds is 3. The number of hydrogen-bond donors (Lipinski definition) is 2. The molecular formula is C34H23BO2. The number of benzene rings is 7. The summed E-state index contributed by atoms with van der Waals surface area (Å²) in [6.07, 6.45) is 0. The molecule has 0 heterocycles. The van der Waals surface area contributed by atoms with E-state index in [1.165, 1.54) is 32.5 Å². The molecule has 7 aromatic rings. The number of hydrogen-bond acceptors (Lipinski definition) is 2. The monoisotopic (exact) mass is 474 g/mol. The van der Waals surface area contributed by atoms with E-state index in [4.69, 9.17) is 0 Å². The smallest absolute Gasteiger partial charge is 0.423 e. The molecule has 7 aromatic carbocycles. The van der Waals surface area contributed by atoms with Gasteiger partial charge in [0, 0.05) is 0 Å². The van der Waals surface area contributed by atoms with Crippen molar-refractivity contribution in [3.8, 4) is 22.3 Å². The lowest BCUT2D eigenvalue weighted by molar-refractivity contribution is 0.426. The molecule has 0 unspecified atom stereocenters. The first-order valence-corrected chi connectivity index (χ1v) is 12.5. The third kappa shape index (κ3) is 3.44. The van der Waals surface area contributed by atoms with Crippen LogP contribution in [0.1, 0.15) is 0 Å². The van der Waals surface area contributed by atoms with Crippen molar-refractivity contribution in [1.29, 1.82) is 0 Å². The van der Waals surface area contributed by atoms with E-state index in [0.29, 0.717) is 5.46 Å². The van der Waals surface area contributed by atoms with E-state index in [1.807, 2.05) is 18.2 Å². The van der Waals surface area contributed by atoms with Crippen LogP contribution in [0.15, 0.2) is 127 Å². The molecule has 0 aliphatic rings. The molecule has 0 aliphatic heterocycles. The van der Waals surface area contributed by atoms with Crippen LogP contribution < -0.4 is 5.46 Å². The van der Waals surface area contributed by atoms with Gasteiger partial charge in [-0.1, -0.05) is 127 Å². The first kappa shape index (κ1) is 21.8. The van der Waals surface area contributed by atoms with Crippen molar-refractivity contribution < 1.29 is 10.0 Å². The summed E-state index contributed by atoms with van der Waals surface area (Å²) in [7, 11) is -1.54. The minimum absolute atomic E-state index is 0.480. The standard InChI is InChI=1S/C34H23BO2/c36-35(37)24-19-20-31-32(21-24)34(28-18-8-12-23-10-2-4-14-26(23)28)30-16-6-5-15-29(30)33(31)27-17-7-11-22-9-1-3-13-25(22)27/h1-21,36-37H. The van der Waals surface area contributed by atoms with Gasteiger partial charge in [-0.05, 0) is 70.8 Å². The van der Waals surface area contributed by atoms with Crippen LogP contribution in [-0.2, 0) is 0 Å². The Bertz CT molecular complexity index is 1960. The van der Waals surface area contributed by atoms with Crippen LogP contribution in [0.3, 0.4) is 0 Å². The van der Waals surface area contributed by atoms with Gasteiger partial charge < -0.3 is 10.0 Å². The van der Waals surface area contributed by atoms with Gasteiger partial charge in [-0.3, -0.25) is 0 Å². The first-order chi connectivity index (χ1) is 18.2. The quantitative estimate of drug-likeness (QED) is 0.208. The molecule has 2 N–H and O–H groups in total. The molecule has 0 atom stereocenters. The van der Waals surface area contributed by atoms with Gasteiger partial charge in [-0.25, -0.2) is 0 Å². The molecule has 0 amide bonds. The minimum atomic E-state index is -1.54. The molecule has 0 aromatic heterocycles. The van der Waals surface area contributed by atoms with Gasteiger partial charge in [0.1, 0.15) is 0 Å². The maximum absolute atomic E-state index is 10.1. The van der Waals surface area contributed by atoms with E-state index in [-0.39, 0.29) is 0 Å². The summed E-state index contributed by atoms with van der Waals surface area (Å²) in [5, 5.41) is 29.4. The van der Waals surface area contributed by atoms with Crippen molar-refractivity contribution >= 4 is 55.7 Å². The molecule has 174 valence electrons. The zero-order valence-electron chi connectivity index (χ0n) is 20.1. The Hall–Kier alpha value is -4.44. The summed E-state index contributed by atoms with van der Waals surface area (Å²) in [6, 6.07) is 44.1. The fourth-order valence-corrected chi connectivity index (χ4v) is 5.82. The average Bonchev–Trinajstić information content (AvgIpc) is 2.95. The zero-order chi connectivity index (χ0) is 24.9. The fourth-order valence-electron chi connectivity index (χ4n) is 5.82. The second kappa shape index (κ2) is 8.60. The summed E-state index contributed by atoms with van der Waals surface area (Å²) in [6.45, 7) is 0. The predicted octanol–water partition coefficient (Wildman–Crippen LogP) is 7.31. The summed E-state index contributed by atoms with van der Waals surface area (Å²) in [4.78, 5) is 0. The summed E-state index contributed by atoms with van der Waals surface area (Å²) < 4.78 is 0. The highest BCUT2D eigenvalue weighted by atomic mass is 16.4. The molecule has 0 saturated carbocycles. The second-order valence-electron chi connectivity index (χ2n) is 9.53. The molecule has 0 fully saturated rings. The summed E-state index contributed by atoms with van der Waals surface area (Å²) >= 11 is 0. The Balaban J connectivity index is 1.72. The lowest BCUT2D eigenvalue weighted by Gasteiger charge is -2.20. The molecular weight excluding hydrogens is 451 g/mol. The third-order valence-corrected chi connectivity index (χ3v) is 7.46. The Morgan fingerprint density at radius 3 is 1.35 bits per heavy atom. The van der Waals surface area contributed by atoms with Crippen LogP contribution in [-0.4, -0.2) is 17.2 Å². The Morgan fingerprint density at radius 2 is 0.811 bits per heavy atom. The molecule has 37 heavy (non-hydrogen) atoms. The van der Waals surface area contributed by atoms with Crippen LogP contribution >= 0.6 is 0 Å². The Labute approximate surface area is 215 Å². The van der Waals surface area contributed by atoms with Crippen LogP contribution in [0.5, 0.6) is 0 Å². The summed E-state index contributed by atoms with van der Waals surface area (Å²) in [5.41, 5.74) is 5.04. The lowest BCUT2D eigenvalue weighted by atomic mass is 9.76. The maximum Gasteiger partial charge on any atom is 0.488 e. The number of fused-ring (bicyclic) bond motifs is 4. The summed E-state index contributed by atoms with van der Waals surface area (Å²) in [5.74, 6) is 0. The lowest BCUT2D eigenvalue weighted by Crippen LogP contribution is -2.29. The SMILES string of the molecule is OB(O)c1ccc2c(-c3cccc4ccccc34)c3ccccc3c(-c3cccc4ccccc34)c2c1. The van der Waals surface area contributed by atoms with Gasteiger partial charge in [0.15, 0.2) is 0 Å². The van der Waals surface area contributed by atoms with E-state index in [1.54, 1.807) is 0 Å². The van der Waals surface area contributed by atoms with Crippen LogP contribution in [0.25, 0.3) is 65.3 Å². The van der Waals surface area contributed by atoms with E-state index in [2.05, 4.69) is 109 Å². The highest BCUT2D eigenvalue weighted by Crippen LogP contribution is 2.46. The largest absolute Gasteiger partial charge is 0.488 e. The van der Waals surface area contributed by atoms with Gasteiger partial charge in [-0.2, -0.15) is 0 Å². The molecule has 0 bridgehead atoms. The Morgan fingerprint density at radius 1 is 0.378 bits per heavy atom. The van der Waals surface area contributed by atoms with Crippen molar-refractivity contribution in [3.63, 3.8) is 0 Å². The van der Waals surface area contributed by atoms with E-state index >= 15 is 0 Å². The predicted molar refractivity (Wildman–Crippen MR) is 157 cm³/mol. The normalized spacial score (nSPS) is 11.5. The van der Waals surface area contributed by atoms with Crippen molar-refractivity contribution in [2.75, 3.05) is 0 Å². The van der Waals surface area contributed by atoms with E-state index in [9.17, 15) is 10.0 Å². The van der Waals surface area contributed by atoms with Crippen molar-refractivity contribution in [2.24, 2.45) is 0 Å². The third-order valence-electron chi connectivity index (χ3n) is 7.46. The minimum Gasteiger partial charge on any atom is -0.423 e. The first-order valence-electron chi connectivity index (χ1n) is 12.5.